The molecule has 80 valence electrons. The molecule has 1 aromatic carbocycles. The number of aliphatic carboxylic acids is 1. The lowest BCUT2D eigenvalue weighted by Crippen LogP contribution is -2.22. The highest BCUT2D eigenvalue weighted by atomic mass is 19.1. The van der Waals surface area contributed by atoms with Gasteiger partial charge in [-0.1, -0.05) is 12.1 Å². The van der Waals surface area contributed by atoms with Crippen molar-refractivity contribution in [3.05, 3.63) is 34.6 Å². The largest absolute Gasteiger partial charge is 0.481 e. The van der Waals surface area contributed by atoms with E-state index in [1.807, 2.05) is 0 Å². The van der Waals surface area contributed by atoms with Crippen molar-refractivity contribution in [1.29, 1.82) is 0 Å². The first-order chi connectivity index (χ1) is 6.99. The molecule has 0 heterocycles. The van der Waals surface area contributed by atoms with E-state index in [0.29, 0.717) is 24.0 Å². The van der Waals surface area contributed by atoms with Crippen molar-refractivity contribution in [1.82, 2.24) is 0 Å². The molecular weight excluding hydrogens is 195 g/mol. The van der Waals surface area contributed by atoms with Crippen molar-refractivity contribution in [2.24, 2.45) is 0 Å². The van der Waals surface area contributed by atoms with Gasteiger partial charge in [0.25, 0.3) is 0 Å². The Balaban J connectivity index is 2.62. The van der Waals surface area contributed by atoms with E-state index in [0.717, 1.165) is 5.56 Å². The summed E-state index contributed by atoms with van der Waals surface area (Å²) in [5.41, 5.74) is 0.691. The Hall–Kier alpha value is -1.38. The van der Waals surface area contributed by atoms with Crippen molar-refractivity contribution < 1.29 is 14.3 Å². The van der Waals surface area contributed by atoms with Gasteiger partial charge < -0.3 is 5.11 Å². The Morgan fingerprint density at radius 1 is 1.33 bits per heavy atom. The second kappa shape index (κ2) is 3.05. The molecular formula is C12H13FO2. The van der Waals surface area contributed by atoms with E-state index in [1.165, 1.54) is 0 Å². The van der Waals surface area contributed by atoms with E-state index in [1.54, 1.807) is 26.0 Å². The van der Waals surface area contributed by atoms with Crippen LogP contribution in [0, 0.1) is 19.7 Å². The fraction of sp³-hybridized carbons (Fsp3) is 0.417. The summed E-state index contributed by atoms with van der Waals surface area (Å²) in [5, 5.41) is 9.13. The van der Waals surface area contributed by atoms with Crippen LogP contribution in [0.1, 0.15) is 29.5 Å². The number of rotatable bonds is 2. The number of aryl methyl sites for hydroxylation is 2. The molecule has 1 N–H and O–H groups in total. The van der Waals surface area contributed by atoms with Gasteiger partial charge in [-0.2, -0.15) is 0 Å². The number of hydrogen-bond donors (Lipinski definition) is 1. The lowest BCUT2D eigenvalue weighted by atomic mass is 9.90. The second-order valence-electron chi connectivity index (χ2n) is 4.28. The summed E-state index contributed by atoms with van der Waals surface area (Å²) in [5.74, 6) is -1.26. The third kappa shape index (κ3) is 1.34. The van der Waals surface area contributed by atoms with Crippen molar-refractivity contribution >= 4 is 5.97 Å². The summed E-state index contributed by atoms with van der Waals surface area (Å²) >= 11 is 0. The maximum atomic E-state index is 13.9. The van der Waals surface area contributed by atoms with Gasteiger partial charge in [0.2, 0.25) is 0 Å². The van der Waals surface area contributed by atoms with Gasteiger partial charge in [0.15, 0.2) is 0 Å². The average molecular weight is 208 g/mol. The van der Waals surface area contributed by atoms with Gasteiger partial charge in [0, 0.05) is 5.56 Å². The van der Waals surface area contributed by atoms with Gasteiger partial charge in [-0.3, -0.25) is 4.79 Å². The third-order valence-electron chi connectivity index (χ3n) is 3.18. The minimum absolute atomic E-state index is 0.352. The molecule has 0 aliphatic heterocycles. The lowest BCUT2D eigenvalue weighted by molar-refractivity contribution is -0.140. The van der Waals surface area contributed by atoms with Gasteiger partial charge in [-0.05, 0) is 37.8 Å². The summed E-state index contributed by atoms with van der Waals surface area (Å²) in [7, 11) is 0. The SMILES string of the molecule is Cc1ccc(C)c(C2(C(=O)O)CC2)c1F. The van der Waals surface area contributed by atoms with Gasteiger partial charge in [0.05, 0.1) is 5.41 Å². The minimum atomic E-state index is -0.944. The molecule has 3 heteroatoms. The van der Waals surface area contributed by atoms with Crippen LogP contribution in [0.15, 0.2) is 12.1 Å². The molecule has 2 nitrogen and oxygen atoms in total. The zero-order chi connectivity index (χ0) is 11.2. The highest BCUT2D eigenvalue weighted by Gasteiger charge is 2.54. The van der Waals surface area contributed by atoms with E-state index < -0.39 is 11.4 Å². The number of carboxylic acid groups (broad SMARTS) is 1. The maximum Gasteiger partial charge on any atom is 0.314 e. The second-order valence-corrected chi connectivity index (χ2v) is 4.28. The lowest BCUT2D eigenvalue weighted by Gasteiger charge is -2.15. The summed E-state index contributed by atoms with van der Waals surface area (Å²) in [4.78, 5) is 11.1. The molecule has 0 unspecified atom stereocenters. The van der Waals surface area contributed by atoms with Crippen LogP contribution in [0.2, 0.25) is 0 Å². The Morgan fingerprint density at radius 3 is 2.33 bits per heavy atom. The van der Waals surface area contributed by atoms with E-state index in [4.69, 9.17) is 5.11 Å². The monoisotopic (exact) mass is 208 g/mol. The van der Waals surface area contributed by atoms with E-state index in [9.17, 15) is 9.18 Å². The Labute approximate surface area is 87.7 Å². The highest BCUT2D eigenvalue weighted by Crippen LogP contribution is 2.50. The molecule has 15 heavy (non-hydrogen) atoms. The average Bonchev–Trinajstić information content (AvgIpc) is 2.93. The first-order valence-corrected chi connectivity index (χ1v) is 4.98. The predicted octanol–water partition coefficient (Wildman–Crippen LogP) is 2.56. The third-order valence-corrected chi connectivity index (χ3v) is 3.18. The van der Waals surface area contributed by atoms with Crippen LogP contribution in [-0.2, 0) is 10.2 Å². The first-order valence-electron chi connectivity index (χ1n) is 4.98. The van der Waals surface area contributed by atoms with Gasteiger partial charge in [-0.25, -0.2) is 4.39 Å². The van der Waals surface area contributed by atoms with Crippen LogP contribution in [0.4, 0.5) is 4.39 Å². The molecule has 2 rings (SSSR count). The molecule has 1 fully saturated rings. The van der Waals surface area contributed by atoms with Crippen LogP contribution >= 0.6 is 0 Å². The van der Waals surface area contributed by atoms with Crippen LogP contribution in [0.25, 0.3) is 0 Å². The van der Waals surface area contributed by atoms with E-state index >= 15 is 0 Å². The van der Waals surface area contributed by atoms with Crippen LogP contribution in [0.5, 0.6) is 0 Å². The Bertz CT molecular complexity index is 433. The fourth-order valence-corrected chi connectivity index (χ4v) is 2.06. The predicted molar refractivity (Wildman–Crippen MR) is 54.4 cm³/mol. The van der Waals surface area contributed by atoms with Crippen molar-refractivity contribution in [2.45, 2.75) is 32.1 Å². The summed E-state index contributed by atoms with van der Waals surface area (Å²) in [6.07, 6.45) is 1.09. The molecule has 1 aromatic rings. The molecule has 0 atom stereocenters. The molecule has 0 bridgehead atoms. The van der Waals surface area contributed by atoms with Crippen molar-refractivity contribution in [2.75, 3.05) is 0 Å². The zero-order valence-corrected chi connectivity index (χ0v) is 8.80. The van der Waals surface area contributed by atoms with Gasteiger partial charge in [-0.15, -0.1) is 0 Å². The number of halogens is 1. The summed E-state index contributed by atoms with van der Waals surface area (Å²) in [6.45, 7) is 3.43. The number of carbonyl (C=O) groups is 1. The molecule has 0 aromatic heterocycles. The molecule has 0 spiro atoms. The number of carboxylic acids is 1. The molecule has 0 saturated heterocycles. The topological polar surface area (TPSA) is 37.3 Å². The van der Waals surface area contributed by atoms with E-state index in [-0.39, 0.29) is 5.82 Å². The Morgan fingerprint density at radius 2 is 1.87 bits per heavy atom. The van der Waals surface area contributed by atoms with Gasteiger partial charge >= 0.3 is 5.97 Å². The standard InChI is InChI=1S/C12H13FO2/c1-7-3-4-8(2)10(13)9(7)12(5-6-12)11(14)15/h3-4H,5-6H2,1-2H3,(H,14,15). The highest BCUT2D eigenvalue weighted by molar-refractivity contribution is 5.85. The quantitative estimate of drug-likeness (QED) is 0.811. The smallest absolute Gasteiger partial charge is 0.314 e. The molecule has 1 aliphatic carbocycles. The van der Waals surface area contributed by atoms with Crippen LogP contribution in [-0.4, -0.2) is 11.1 Å². The maximum absolute atomic E-state index is 13.9. The van der Waals surface area contributed by atoms with Crippen LogP contribution in [0.3, 0.4) is 0 Å². The van der Waals surface area contributed by atoms with Crippen LogP contribution < -0.4 is 0 Å². The summed E-state index contributed by atoms with van der Waals surface area (Å²) < 4.78 is 13.9. The van der Waals surface area contributed by atoms with Crippen molar-refractivity contribution in [3.63, 3.8) is 0 Å². The number of hydrogen-bond acceptors (Lipinski definition) is 1. The normalized spacial score (nSPS) is 17.5. The number of benzene rings is 1. The Kier molecular flexibility index (Phi) is 2.07. The minimum Gasteiger partial charge on any atom is -0.481 e. The molecule has 1 aliphatic rings. The molecule has 0 amide bonds. The van der Waals surface area contributed by atoms with Crippen molar-refractivity contribution in [3.8, 4) is 0 Å². The molecule has 0 radical (unpaired) electrons. The zero-order valence-electron chi connectivity index (χ0n) is 8.80. The van der Waals surface area contributed by atoms with Gasteiger partial charge in [0.1, 0.15) is 5.82 Å². The molecule has 1 saturated carbocycles. The fourth-order valence-electron chi connectivity index (χ4n) is 2.06. The summed E-state index contributed by atoms with van der Waals surface area (Å²) in [6, 6.07) is 3.48. The first kappa shape index (κ1) is 10.1. The van der Waals surface area contributed by atoms with E-state index in [2.05, 4.69) is 0 Å².